The lowest BCUT2D eigenvalue weighted by molar-refractivity contribution is -0.134. The number of benzene rings is 1. The molecule has 1 fully saturated rings. The number of hydrogen-bond acceptors (Lipinski definition) is 3. The number of nitrogens with zero attached hydrogens (tertiary/aromatic N) is 2. The van der Waals surface area contributed by atoms with E-state index in [1.807, 2.05) is 13.8 Å². The summed E-state index contributed by atoms with van der Waals surface area (Å²) >= 11 is 12.1. The Morgan fingerprint density at radius 2 is 1.71 bits per heavy atom. The van der Waals surface area contributed by atoms with Gasteiger partial charge >= 0.3 is 0 Å². The number of carbonyl (C=O) groups is 2. The molecule has 1 aromatic rings. The van der Waals surface area contributed by atoms with Crippen molar-refractivity contribution in [3.05, 3.63) is 33.8 Å². The van der Waals surface area contributed by atoms with Crippen molar-refractivity contribution in [3.63, 3.8) is 0 Å². The monoisotopic (exact) mass is 371 g/mol. The summed E-state index contributed by atoms with van der Waals surface area (Å²) in [6.07, 6.45) is 0.663. The van der Waals surface area contributed by atoms with Crippen LogP contribution in [0.25, 0.3) is 0 Å². The summed E-state index contributed by atoms with van der Waals surface area (Å²) in [5, 5.41) is 0.623. The SMILES string of the molecule is CC(C)C[C@H](N)C(=O)N1CCN(C(=O)c2cccc(Cl)c2Cl)CC1. The summed E-state index contributed by atoms with van der Waals surface area (Å²) in [5.74, 6) is 0.162. The van der Waals surface area contributed by atoms with Gasteiger partial charge in [-0.15, -0.1) is 0 Å². The van der Waals surface area contributed by atoms with E-state index in [1.54, 1.807) is 28.0 Å². The van der Waals surface area contributed by atoms with Crippen molar-refractivity contribution in [3.8, 4) is 0 Å². The van der Waals surface area contributed by atoms with E-state index < -0.39 is 6.04 Å². The highest BCUT2D eigenvalue weighted by Crippen LogP contribution is 2.26. The Morgan fingerprint density at radius 1 is 1.12 bits per heavy atom. The molecule has 132 valence electrons. The normalized spacial score (nSPS) is 16.4. The summed E-state index contributed by atoms with van der Waals surface area (Å²) in [4.78, 5) is 28.3. The molecule has 1 atom stereocenters. The smallest absolute Gasteiger partial charge is 0.255 e. The molecule has 0 saturated carbocycles. The van der Waals surface area contributed by atoms with Crippen LogP contribution in [0.2, 0.25) is 10.0 Å². The molecule has 1 heterocycles. The number of rotatable bonds is 4. The van der Waals surface area contributed by atoms with E-state index >= 15 is 0 Å². The second-order valence-corrected chi connectivity index (χ2v) is 7.24. The first-order valence-electron chi connectivity index (χ1n) is 8.09. The van der Waals surface area contributed by atoms with Gasteiger partial charge in [0, 0.05) is 26.2 Å². The standard InChI is InChI=1S/C17H23Cl2N3O2/c1-11(2)10-14(20)17(24)22-8-6-21(7-9-22)16(23)12-4-3-5-13(18)15(12)19/h3-5,11,14H,6-10,20H2,1-2H3/t14-/m0/s1. The van der Waals surface area contributed by atoms with Crippen LogP contribution in [0.1, 0.15) is 30.6 Å². The Morgan fingerprint density at radius 3 is 2.29 bits per heavy atom. The largest absolute Gasteiger partial charge is 0.338 e. The predicted octanol–water partition coefficient (Wildman–Crippen LogP) is 2.65. The molecule has 0 bridgehead atoms. The van der Waals surface area contributed by atoms with Gasteiger partial charge in [0.2, 0.25) is 5.91 Å². The fourth-order valence-electron chi connectivity index (χ4n) is 2.81. The first-order chi connectivity index (χ1) is 11.3. The van der Waals surface area contributed by atoms with Crippen LogP contribution < -0.4 is 5.73 Å². The highest BCUT2D eigenvalue weighted by atomic mass is 35.5. The predicted molar refractivity (Wildman–Crippen MR) is 96.4 cm³/mol. The lowest BCUT2D eigenvalue weighted by Crippen LogP contribution is -2.54. The molecule has 2 N–H and O–H groups in total. The highest BCUT2D eigenvalue weighted by Gasteiger charge is 2.28. The van der Waals surface area contributed by atoms with Crippen LogP contribution in [0.15, 0.2) is 18.2 Å². The minimum absolute atomic E-state index is 0.0448. The molecule has 24 heavy (non-hydrogen) atoms. The van der Waals surface area contributed by atoms with Crippen LogP contribution in [0.4, 0.5) is 0 Å². The highest BCUT2D eigenvalue weighted by molar-refractivity contribution is 6.43. The molecule has 2 rings (SSSR count). The molecule has 5 nitrogen and oxygen atoms in total. The summed E-state index contributed by atoms with van der Waals surface area (Å²) in [6.45, 7) is 5.96. The van der Waals surface area contributed by atoms with E-state index in [9.17, 15) is 9.59 Å². The third kappa shape index (κ3) is 4.41. The van der Waals surface area contributed by atoms with Crippen molar-refractivity contribution in [2.75, 3.05) is 26.2 Å². The van der Waals surface area contributed by atoms with Gasteiger partial charge in [0.1, 0.15) is 0 Å². The van der Waals surface area contributed by atoms with Gasteiger partial charge in [-0.05, 0) is 24.5 Å². The number of amides is 2. The molecule has 2 amide bonds. The summed E-state index contributed by atoms with van der Waals surface area (Å²) in [6, 6.07) is 4.53. The molecule has 0 unspecified atom stereocenters. The van der Waals surface area contributed by atoms with Crippen LogP contribution in [0.3, 0.4) is 0 Å². The number of nitrogens with two attached hydrogens (primary N) is 1. The van der Waals surface area contributed by atoms with Crippen molar-refractivity contribution >= 4 is 35.0 Å². The Hall–Kier alpha value is -1.30. The summed E-state index contributed by atoms with van der Waals surface area (Å²) in [5.41, 5.74) is 6.36. The molecule has 1 aliphatic heterocycles. The average Bonchev–Trinajstić information content (AvgIpc) is 2.55. The third-order valence-corrected chi connectivity index (χ3v) is 4.92. The number of halogens is 2. The third-order valence-electron chi connectivity index (χ3n) is 4.10. The summed E-state index contributed by atoms with van der Waals surface area (Å²) in [7, 11) is 0. The van der Waals surface area contributed by atoms with Gasteiger partial charge in [0.05, 0.1) is 21.7 Å². The summed E-state index contributed by atoms with van der Waals surface area (Å²) < 4.78 is 0. The maximum Gasteiger partial charge on any atom is 0.255 e. The van der Waals surface area contributed by atoms with Crippen LogP contribution in [0, 0.1) is 5.92 Å². The molecule has 0 spiro atoms. The van der Waals surface area contributed by atoms with Gasteiger partial charge < -0.3 is 15.5 Å². The molecule has 1 aliphatic rings. The van der Waals surface area contributed by atoms with Gasteiger partial charge in [-0.25, -0.2) is 0 Å². The van der Waals surface area contributed by atoms with Crippen LogP contribution >= 0.6 is 23.2 Å². The maximum absolute atomic E-state index is 12.6. The van der Waals surface area contributed by atoms with Crippen LogP contribution in [-0.4, -0.2) is 53.8 Å². The van der Waals surface area contributed by atoms with Gasteiger partial charge in [-0.2, -0.15) is 0 Å². The van der Waals surface area contributed by atoms with Crippen molar-refractivity contribution in [2.45, 2.75) is 26.3 Å². The van der Waals surface area contributed by atoms with Crippen molar-refractivity contribution in [2.24, 2.45) is 11.7 Å². The zero-order chi connectivity index (χ0) is 17.9. The number of piperazine rings is 1. The molecule has 1 aromatic carbocycles. The molecular formula is C17H23Cl2N3O2. The molecule has 0 aliphatic carbocycles. The van der Waals surface area contributed by atoms with Gasteiger partial charge in [0.25, 0.3) is 5.91 Å². The quantitative estimate of drug-likeness (QED) is 0.884. The Balaban J connectivity index is 1.96. The fourth-order valence-corrected chi connectivity index (χ4v) is 3.19. The van der Waals surface area contributed by atoms with Crippen molar-refractivity contribution < 1.29 is 9.59 Å². The minimum Gasteiger partial charge on any atom is -0.338 e. The molecular weight excluding hydrogens is 349 g/mol. The molecule has 1 saturated heterocycles. The Kier molecular flexibility index (Phi) is 6.49. The molecule has 7 heteroatoms. The lowest BCUT2D eigenvalue weighted by atomic mass is 10.0. The van der Waals surface area contributed by atoms with Gasteiger partial charge in [-0.3, -0.25) is 9.59 Å². The first kappa shape index (κ1) is 19.0. The molecule has 0 radical (unpaired) electrons. The Bertz CT molecular complexity index is 614. The van der Waals surface area contributed by atoms with Gasteiger partial charge in [-0.1, -0.05) is 43.1 Å². The number of hydrogen-bond donors (Lipinski definition) is 1. The fraction of sp³-hybridized carbons (Fsp3) is 0.529. The van der Waals surface area contributed by atoms with E-state index in [1.165, 1.54) is 0 Å². The lowest BCUT2D eigenvalue weighted by Gasteiger charge is -2.36. The zero-order valence-electron chi connectivity index (χ0n) is 14.0. The first-order valence-corrected chi connectivity index (χ1v) is 8.84. The van der Waals surface area contributed by atoms with E-state index in [2.05, 4.69) is 0 Å². The van der Waals surface area contributed by atoms with E-state index in [-0.39, 0.29) is 16.8 Å². The second kappa shape index (κ2) is 8.19. The van der Waals surface area contributed by atoms with Crippen molar-refractivity contribution in [1.29, 1.82) is 0 Å². The van der Waals surface area contributed by atoms with Crippen LogP contribution in [-0.2, 0) is 4.79 Å². The topological polar surface area (TPSA) is 66.6 Å². The maximum atomic E-state index is 12.6. The Labute approximate surface area is 152 Å². The van der Waals surface area contributed by atoms with E-state index in [0.717, 1.165) is 0 Å². The minimum atomic E-state index is -0.477. The van der Waals surface area contributed by atoms with Crippen molar-refractivity contribution in [1.82, 2.24) is 9.80 Å². The number of carbonyl (C=O) groups excluding carboxylic acids is 2. The molecule has 0 aromatic heterocycles. The zero-order valence-corrected chi connectivity index (χ0v) is 15.5. The second-order valence-electron chi connectivity index (χ2n) is 6.45. The van der Waals surface area contributed by atoms with E-state index in [0.29, 0.717) is 49.1 Å². The van der Waals surface area contributed by atoms with E-state index in [4.69, 9.17) is 28.9 Å². The average molecular weight is 372 g/mol. The van der Waals surface area contributed by atoms with Crippen LogP contribution in [0.5, 0.6) is 0 Å². The van der Waals surface area contributed by atoms with Gasteiger partial charge in [0.15, 0.2) is 0 Å².